The molecule has 3 aromatic rings. The first-order valence-electron chi connectivity index (χ1n) is 10.1. The summed E-state index contributed by atoms with van der Waals surface area (Å²) in [6.07, 6.45) is 3.52. The van der Waals surface area contributed by atoms with Crippen molar-refractivity contribution in [2.45, 2.75) is 43.0 Å². The van der Waals surface area contributed by atoms with Crippen LogP contribution in [-0.2, 0) is 16.5 Å². The molecule has 2 aliphatic rings. The lowest BCUT2D eigenvalue weighted by atomic mass is 9.78. The summed E-state index contributed by atoms with van der Waals surface area (Å²) >= 11 is 0. The maximum Gasteiger partial charge on any atom is 0.433 e. The number of nitrogens with one attached hydrogen (secondary N) is 1. The maximum atomic E-state index is 13.2. The number of hydrogen-bond acceptors (Lipinski definition) is 6. The standard InChI is InChI=1S/C21H20F3N5O3/c1-19(31)10-32-11-20(19,14-4-5-16(25-7-14)21(22,23)24)28-18(30)15-8-27-29-9-13(12-2-3-12)6-26-17(15)29/h4-9,12,31H,2-3,10-11H2,1H3,(H,28,30). The van der Waals surface area contributed by atoms with Crippen LogP contribution in [0.5, 0.6) is 0 Å². The number of carbonyl (C=O) groups excluding carboxylic acids is 1. The van der Waals surface area contributed by atoms with Crippen molar-refractivity contribution >= 4 is 11.6 Å². The van der Waals surface area contributed by atoms with Crippen molar-refractivity contribution in [2.75, 3.05) is 13.2 Å². The first kappa shape index (κ1) is 20.8. The number of fused-ring (bicyclic) bond motifs is 1. The SMILES string of the molecule is CC1(O)COCC1(NC(=O)c1cnn2cc(C3CC3)cnc12)c1ccc(C(F)(F)F)nc1. The molecule has 0 spiro atoms. The van der Waals surface area contributed by atoms with Crippen LogP contribution in [0.1, 0.15) is 52.9 Å². The molecule has 1 aliphatic carbocycles. The van der Waals surface area contributed by atoms with Crippen LogP contribution in [0.25, 0.3) is 5.65 Å². The van der Waals surface area contributed by atoms with Gasteiger partial charge in [-0.2, -0.15) is 18.3 Å². The molecule has 1 aliphatic heterocycles. The van der Waals surface area contributed by atoms with E-state index < -0.39 is 28.9 Å². The van der Waals surface area contributed by atoms with Gasteiger partial charge in [-0.1, -0.05) is 6.07 Å². The summed E-state index contributed by atoms with van der Waals surface area (Å²) < 4.78 is 45.8. The lowest BCUT2D eigenvalue weighted by Gasteiger charge is -2.39. The van der Waals surface area contributed by atoms with Crippen molar-refractivity contribution in [1.29, 1.82) is 0 Å². The molecule has 1 saturated carbocycles. The zero-order valence-corrected chi connectivity index (χ0v) is 17.1. The fourth-order valence-electron chi connectivity index (χ4n) is 4.07. The number of halogens is 3. The Kier molecular flexibility index (Phi) is 4.54. The highest BCUT2D eigenvalue weighted by molar-refractivity contribution is 6.00. The molecule has 2 atom stereocenters. The quantitative estimate of drug-likeness (QED) is 0.637. The number of aromatic nitrogens is 4. The lowest BCUT2D eigenvalue weighted by molar-refractivity contribution is -0.141. The van der Waals surface area contributed by atoms with Crippen molar-refractivity contribution in [3.05, 3.63) is 59.3 Å². The number of carbonyl (C=O) groups is 1. The third-order valence-corrected chi connectivity index (χ3v) is 6.16. The monoisotopic (exact) mass is 447 g/mol. The zero-order valence-electron chi connectivity index (χ0n) is 17.1. The molecule has 1 saturated heterocycles. The van der Waals surface area contributed by atoms with Crippen molar-refractivity contribution in [3.8, 4) is 0 Å². The Morgan fingerprint density at radius 2 is 2.00 bits per heavy atom. The van der Waals surface area contributed by atoms with Gasteiger partial charge in [0.1, 0.15) is 22.4 Å². The van der Waals surface area contributed by atoms with Gasteiger partial charge in [0, 0.05) is 24.2 Å². The van der Waals surface area contributed by atoms with Gasteiger partial charge in [0.15, 0.2) is 5.65 Å². The number of alkyl halides is 3. The third-order valence-electron chi connectivity index (χ3n) is 6.16. The van der Waals surface area contributed by atoms with E-state index in [1.165, 1.54) is 23.7 Å². The minimum Gasteiger partial charge on any atom is -0.385 e. The Morgan fingerprint density at radius 3 is 2.59 bits per heavy atom. The molecular formula is C21H20F3N5O3. The predicted molar refractivity (Wildman–Crippen MR) is 105 cm³/mol. The van der Waals surface area contributed by atoms with Gasteiger partial charge in [-0.3, -0.25) is 9.78 Å². The Morgan fingerprint density at radius 1 is 1.22 bits per heavy atom. The average Bonchev–Trinajstić information content (AvgIpc) is 3.43. The van der Waals surface area contributed by atoms with E-state index in [0.717, 1.165) is 30.7 Å². The van der Waals surface area contributed by atoms with Crippen LogP contribution in [0.15, 0.2) is 36.9 Å². The number of nitrogens with zero attached hydrogens (tertiary/aromatic N) is 4. The molecule has 5 rings (SSSR count). The lowest BCUT2D eigenvalue weighted by Crippen LogP contribution is -2.60. The Balaban J connectivity index is 1.50. The highest BCUT2D eigenvalue weighted by Gasteiger charge is 2.55. The summed E-state index contributed by atoms with van der Waals surface area (Å²) in [6, 6.07) is 2.00. The van der Waals surface area contributed by atoms with Gasteiger partial charge in [0.2, 0.25) is 0 Å². The van der Waals surface area contributed by atoms with E-state index in [4.69, 9.17) is 4.74 Å². The summed E-state index contributed by atoms with van der Waals surface area (Å²) in [5.41, 5.74) is -2.42. The molecule has 2 N–H and O–H groups in total. The molecule has 3 aromatic heterocycles. The molecule has 0 radical (unpaired) electrons. The molecule has 4 heterocycles. The molecule has 0 bridgehead atoms. The van der Waals surface area contributed by atoms with E-state index >= 15 is 0 Å². The summed E-state index contributed by atoms with van der Waals surface area (Å²) in [7, 11) is 0. The van der Waals surface area contributed by atoms with Crippen molar-refractivity contribution in [2.24, 2.45) is 0 Å². The van der Waals surface area contributed by atoms with E-state index in [0.29, 0.717) is 11.6 Å². The normalized spacial score (nSPS) is 25.9. The van der Waals surface area contributed by atoms with Crippen LogP contribution in [-0.4, -0.2) is 49.4 Å². The molecular weight excluding hydrogens is 427 g/mol. The number of rotatable bonds is 4. The van der Waals surface area contributed by atoms with E-state index in [1.54, 1.807) is 6.20 Å². The summed E-state index contributed by atoms with van der Waals surface area (Å²) in [5, 5.41) is 18.0. The van der Waals surface area contributed by atoms with Gasteiger partial charge < -0.3 is 15.2 Å². The topological polar surface area (TPSA) is 102 Å². The van der Waals surface area contributed by atoms with Crippen LogP contribution >= 0.6 is 0 Å². The summed E-state index contributed by atoms with van der Waals surface area (Å²) in [4.78, 5) is 21.1. The molecule has 1 amide bonds. The highest BCUT2D eigenvalue weighted by Crippen LogP contribution is 2.41. The average molecular weight is 447 g/mol. The molecule has 11 heteroatoms. The van der Waals surface area contributed by atoms with Crippen LogP contribution < -0.4 is 5.32 Å². The fraction of sp³-hybridized carbons (Fsp3) is 0.429. The van der Waals surface area contributed by atoms with Crippen LogP contribution in [0.4, 0.5) is 13.2 Å². The number of pyridine rings is 1. The van der Waals surface area contributed by atoms with E-state index in [1.807, 2.05) is 6.20 Å². The number of ether oxygens (including phenoxy) is 1. The molecule has 0 aromatic carbocycles. The minimum atomic E-state index is -4.61. The van der Waals surface area contributed by atoms with Crippen LogP contribution in [0.3, 0.4) is 0 Å². The first-order valence-corrected chi connectivity index (χ1v) is 10.1. The Hall–Kier alpha value is -3.05. The van der Waals surface area contributed by atoms with Gasteiger partial charge in [0.05, 0.1) is 19.4 Å². The predicted octanol–water partition coefficient (Wildman–Crippen LogP) is 2.43. The van der Waals surface area contributed by atoms with Gasteiger partial charge in [-0.25, -0.2) is 9.50 Å². The van der Waals surface area contributed by atoms with E-state index in [9.17, 15) is 23.1 Å². The van der Waals surface area contributed by atoms with Gasteiger partial charge in [0.25, 0.3) is 5.91 Å². The molecule has 2 fully saturated rings. The minimum absolute atomic E-state index is 0.119. The largest absolute Gasteiger partial charge is 0.433 e. The number of aliphatic hydroxyl groups is 1. The second-order valence-corrected chi connectivity index (χ2v) is 8.54. The molecule has 8 nitrogen and oxygen atoms in total. The van der Waals surface area contributed by atoms with E-state index in [2.05, 4.69) is 20.4 Å². The molecule has 168 valence electrons. The number of amides is 1. The maximum absolute atomic E-state index is 13.2. The zero-order chi connectivity index (χ0) is 22.7. The summed E-state index contributed by atoms with van der Waals surface area (Å²) in [6.45, 7) is 1.19. The first-order chi connectivity index (χ1) is 15.1. The second-order valence-electron chi connectivity index (χ2n) is 8.54. The molecule has 2 unspecified atom stereocenters. The van der Waals surface area contributed by atoms with Crippen LogP contribution in [0, 0.1) is 0 Å². The Bertz CT molecular complexity index is 1190. The van der Waals surface area contributed by atoms with Gasteiger partial charge >= 0.3 is 6.18 Å². The van der Waals surface area contributed by atoms with Gasteiger partial charge in [-0.05, 0) is 37.3 Å². The highest BCUT2D eigenvalue weighted by atomic mass is 19.4. The Labute approximate surface area is 180 Å². The van der Waals surface area contributed by atoms with Crippen LogP contribution in [0.2, 0.25) is 0 Å². The fourth-order valence-corrected chi connectivity index (χ4v) is 4.07. The van der Waals surface area contributed by atoms with Crippen molar-refractivity contribution in [3.63, 3.8) is 0 Å². The smallest absolute Gasteiger partial charge is 0.385 e. The van der Waals surface area contributed by atoms with E-state index in [-0.39, 0.29) is 24.3 Å². The third kappa shape index (κ3) is 3.32. The van der Waals surface area contributed by atoms with Crippen molar-refractivity contribution < 1.29 is 27.8 Å². The molecule has 32 heavy (non-hydrogen) atoms. The second kappa shape index (κ2) is 6.97. The van der Waals surface area contributed by atoms with Crippen molar-refractivity contribution in [1.82, 2.24) is 24.9 Å². The summed E-state index contributed by atoms with van der Waals surface area (Å²) in [5.74, 6) is -0.119. The number of hydrogen-bond donors (Lipinski definition) is 2. The van der Waals surface area contributed by atoms with Gasteiger partial charge in [-0.15, -0.1) is 0 Å².